The van der Waals surface area contributed by atoms with Crippen LogP contribution in [0.25, 0.3) is 0 Å². The van der Waals surface area contributed by atoms with E-state index in [1.54, 1.807) is 13.3 Å². The summed E-state index contributed by atoms with van der Waals surface area (Å²) >= 11 is 3.29. The van der Waals surface area contributed by atoms with Gasteiger partial charge in [0.1, 0.15) is 12.2 Å². The Labute approximate surface area is 106 Å². The number of hydrogen-bond donors (Lipinski definition) is 2. The Bertz CT molecular complexity index is 488. The molecule has 0 saturated heterocycles. The van der Waals surface area contributed by atoms with Gasteiger partial charge in [-0.2, -0.15) is 10.1 Å². The van der Waals surface area contributed by atoms with Gasteiger partial charge in [0.25, 0.3) is 0 Å². The third-order valence-corrected chi connectivity index (χ3v) is 2.64. The lowest BCUT2D eigenvalue weighted by molar-refractivity contribution is 0.394. The van der Waals surface area contributed by atoms with Gasteiger partial charge in [-0.3, -0.25) is 5.10 Å². The second-order valence-electron chi connectivity index (χ2n) is 3.29. The zero-order chi connectivity index (χ0) is 12.3. The predicted octanol–water partition coefficient (Wildman–Crippen LogP) is 1.54. The summed E-state index contributed by atoms with van der Waals surface area (Å²) in [5.41, 5.74) is 0. The smallest absolute Gasteiger partial charge is 0.232 e. The van der Waals surface area contributed by atoms with Gasteiger partial charge in [0.2, 0.25) is 11.8 Å². The van der Waals surface area contributed by atoms with E-state index < -0.39 is 0 Å². The maximum atomic E-state index is 5.08. The van der Waals surface area contributed by atoms with Crippen LogP contribution < -0.4 is 10.1 Å². The minimum atomic E-state index is -0.0663. The summed E-state index contributed by atoms with van der Waals surface area (Å²) in [4.78, 5) is 12.4. The topological polar surface area (TPSA) is 88.6 Å². The monoisotopic (exact) mass is 298 g/mol. The summed E-state index contributed by atoms with van der Waals surface area (Å²) in [6, 6.07) is -0.0663. The van der Waals surface area contributed by atoms with Gasteiger partial charge < -0.3 is 10.1 Å². The fourth-order valence-electron chi connectivity index (χ4n) is 1.25. The number of aromatic nitrogens is 5. The van der Waals surface area contributed by atoms with E-state index in [1.807, 2.05) is 6.92 Å². The molecule has 0 aliphatic heterocycles. The van der Waals surface area contributed by atoms with Crippen LogP contribution in [0.2, 0.25) is 0 Å². The quantitative estimate of drug-likeness (QED) is 0.890. The van der Waals surface area contributed by atoms with E-state index in [9.17, 15) is 0 Å². The number of ether oxygens (including phenoxy) is 1. The molecule has 8 heteroatoms. The Kier molecular flexibility index (Phi) is 3.52. The highest BCUT2D eigenvalue weighted by Crippen LogP contribution is 2.23. The largest absolute Gasteiger partial charge is 0.480 e. The molecule has 90 valence electrons. The first-order valence-electron chi connectivity index (χ1n) is 4.89. The first kappa shape index (κ1) is 11.8. The highest BCUT2D eigenvalue weighted by atomic mass is 79.9. The maximum Gasteiger partial charge on any atom is 0.232 e. The Morgan fingerprint density at radius 3 is 2.94 bits per heavy atom. The molecule has 0 aromatic carbocycles. The second kappa shape index (κ2) is 5.09. The van der Waals surface area contributed by atoms with E-state index in [0.717, 1.165) is 5.82 Å². The van der Waals surface area contributed by atoms with Crippen LogP contribution in [0.5, 0.6) is 5.88 Å². The molecule has 0 radical (unpaired) electrons. The minimum Gasteiger partial charge on any atom is -0.480 e. The Morgan fingerprint density at radius 2 is 2.29 bits per heavy atom. The van der Waals surface area contributed by atoms with Crippen molar-refractivity contribution in [3.05, 3.63) is 22.8 Å². The van der Waals surface area contributed by atoms with Crippen LogP contribution in [0.3, 0.4) is 0 Å². The van der Waals surface area contributed by atoms with Crippen LogP contribution >= 0.6 is 15.9 Å². The first-order valence-corrected chi connectivity index (χ1v) is 5.68. The van der Waals surface area contributed by atoms with E-state index >= 15 is 0 Å². The summed E-state index contributed by atoms with van der Waals surface area (Å²) in [6.07, 6.45) is 3.08. The zero-order valence-corrected chi connectivity index (χ0v) is 10.9. The van der Waals surface area contributed by atoms with Crippen molar-refractivity contribution < 1.29 is 4.74 Å². The molecule has 7 nitrogen and oxygen atoms in total. The summed E-state index contributed by atoms with van der Waals surface area (Å²) in [7, 11) is 1.55. The van der Waals surface area contributed by atoms with Crippen LogP contribution in [0.4, 0.5) is 5.95 Å². The van der Waals surface area contributed by atoms with Crippen LogP contribution in [-0.2, 0) is 0 Å². The third-order valence-electron chi connectivity index (χ3n) is 2.09. The van der Waals surface area contributed by atoms with Crippen molar-refractivity contribution in [1.29, 1.82) is 0 Å². The molecule has 0 aliphatic carbocycles. The molecule has 2 heterocycles. The maximum absolute atomic E-state index is 5.08. The number of nitrogens with one attached hydrogen (secondary N) is 2. The Hall–Kier alpha value is -1.70. The van der Waals surface area contributed by atoms with Crippen molar-refractivity contribution >= 4 is 21.9 Å². The highest BCUT2D eigenvalue weighted by molar-refractivity contribution is 9.10. The van der Waals surface area contributed by atoms with Crippen molar-refractivity contribution in [2.24, 2.45) is 0 Å². The van der Waals surface area contributed by atoms with Gasteiger partial charge in [0.05, 0.1) is 23.8 Å². The molecule has 0 saturated carbocycles. The summed E-state index contributed by atoms with van der Waals surface area (Å²) in [5.74, 6) is 1.66. The summed E-state index contributed by atoms with van der Waals surface area (Å²) in [6.45, 7) is 1.93. The summed E-state index contributed by atoms with van der Waals surface area (Å²) < 4.78 is 5.79. The van der Waals surface area contributed by atoms with Gasteiger partial charge in [0, 0.05) is 0 Å². The molecule has 17 heavy (non-hydrogen) atoms. The van der Waals surface area contributed by atoms with Crippen molar-refractivity contribution in [3.8, 4) is 5.88 Å². The SMILES string of the molecule is COc1nc(NC(C)c2ncn[nH]2)ncc1Br. The molecule has 1 unspecified atom stereocenters. The van der Waals surface area contributed by atoms with Gasteiger partial charge in [-0.1, -0.05) is 0 Å². The van der Waals surface area contributed by atoms with Crippen molar-refractivity contribution in [3.63, 3.8) is 0 Å². The standard InChI is InChI=1S/C9H11BrN6O/c1-5(7-12-4-13-16-7)14-9-11-3-6(10)8(15-9)17-2/h3-5H,1-2H3,(H,11,14,15)(H,12,13,16). The van der Waals surface area contributed by atoms with Crippen LogP contribution in [0.15, 0.2) is 17.0 Å². The van der Waals surface area contributed by atoms with Crippen LogP contribution in [-0.4, -0.2) is 32.3 Å². The fraction of sp³-hybridized carbons (Fsp3) is 0.333. The average molecular weight is 299 g/mol. The van der Waals surface area contributed by atoms with E-state index in [-0.39, 0.29) is 6.04 Å². The minimum absolute atomic E-state index is 0.0663. The molecule has 1 atom stereocenters. The molecule has 2 rings (SSSR count). The molecule has 0 bridgehead atoms. The lowest BCUT2D eigenvalue weighted by atomic mass is 10.3. The van der Waals surface area contributed by atoms with Gasteiger partial charge in [0.15, 0.2) is 0 Å². The number of nitrogens with zero attached hydrogens (tertiary/aromatic N) is 4. The molecule has 2 aromatic heterocycles. The number of methoxy groups -OCH3 is 1. The van der Waals surface area contributed by atoms with Gasteiger partial charge in [-0.05, 0) is 22.9 Å². The molecule has 0 aliphatic rings. The van der Waals surface area contributed by atoms with E-state index in [2.05, 4.69) is 46.4 Å². The van der Waals surface area contributed by atoms with Crippen molar-refractivity contribution in [2.75, 3.05) is 12.4 Å². The van der Waals surface area contributed by atoms with Crippen LogP contribution in [0.1, 0.15) is 18.8 Å². The number of halogens is 1. The first-order chi connectivity index (χ1) is 8.20. The number of aromatic amines is 1. The van der Waals surface area contributed by atoms with E-state index in [4.69, 9.17) is 4.74 Å². The molecule has 2 N–H and O–H groups in total. The predicted molar refractivity (Wildman–Crippen MR) is 64.7 cm³/mol. The van der Waals surface area contributed by atoms with E-state index in [0.29, 0.717) is 16.3 Å². The molecule has 2 aromatic rings. The van der Waals surface area contributed by atoms with Crippen LogP contribution in [0, 0.1) is 0 Å². The lowest BCUT2D eigenvalue weighted by Gasteiger charge is -2.11. The molecular weight excluding hydrogens is 288 g/mol. The molecule has 0 spiro atoms. The number of hydrogen-bond acceptors (Lipinski definition) is 6. The van der Waals surface area contributed by atoms with Crippen molar-refractivity contribution in [1.82, 2.24) is 25.1 Å². The Balaban J connectivity index is 2.13. The van der Waals surface area contributed by atoms with Gasteiger partial charge in [-0.25, -0.2) is 9.97 Å². The Morgan fingerprint density at radius 1 is 1.47 bits per heavy atom. The lowest BCUT2D eigenvalue weighted by Crippen LogP contribution is -2.11. The number of rotatable bonds is 4. The van der Waals surface area contributed by atoms with Gasteiger partial charge in [-0.15, -0.1) is 0 Å². The zero-order valence-electron chi connectivity index (χ0n) is 9.31. The van der Waals surface area contributed by atoms with Crippen molar-refractivity contribution in [2.45, 2.75) is 13.0 Å². The fourth-order valence-corrected chi connectivity index (χ4v) is 1.60. The second-order valence-corrected chi connectivity index (χ2v) is 4.14. The molecule has 0 amide bonds. The molecular formula is C9H11BrN6O. The van der Waals surface area contributed by atoms with Gasteiger partial charge >= 0.3 is 0 Å². The molecule has 0 fully saturated rings. The van der Waals surface area contributed by atoms with E-state index in [1.165, 1.54) is 6.33 Å². The summed E-state index contributed by atoms with van der Waals surface area (Å²) in [5, 5.41) is 9.65. The number of anilines is 1. The number of H-pyrrole nitrogens is 1. The highest BCUT2D eigenvalue weighted by Gasteiger charge is 2.11. The third kappa shape index (κ3) is 2.70. The average Bonchev–Trinajstić information content (AvgIpc) is 2.85. The normalized spacial score (nSPS) is 12.2.